The first-order chi connectivity index (χ1) is 10.7. The molecule has 0 radical (unpaired) electrons. The molecule has 0 aromatic heterocycles. The van der Waals surface area contributed by atoms with Crippen LogP contribution in [-0.4, -0.2) is 37.1 Å². The molecule has 1 aromatic carbocycles. The van der Waals surface area contributed by atoms with Gasteiger partial charge in [0, 0.05) is 24.9 Å². The maximum absolute atomic E-state index is 12.5. The second-order valence-corrected chi connectivity index (χ2v) is 7.27. The maximum atomic E-state index is 12.5. The highest BCUT2D eigenvalue weighted by atomic mass is 127. The van der Waals surface area contributed by atoms with Crippen molar-refractivity contribution in [2.24, 2.45) is 4.99 Å². The Balaban J connectivity index is 0.00000529. The molecule has 1 aromatic rings. The Kier molecular flexibility index (Phi) is 10.1. The normalized spacial score (nSPS) is 12.5. The van der Waals surface area contributed by atoms with Crippen molar-refractivity contribution in [2.45, 2.75) is 31.2 Å². The van der Waals surface area contributed by atoms with E-state index in [0.717, 1.165) is 24.2 Å². The summed E-state index contributed by atoms with van der Waals surface area (Å²) in [6, 6.07) is 5.25. The van der Waals surface area contributed by atoms with E-state index in [1.807, 2.05) is 0 Å². The zero-order chi connectivity index (χ0) is 17.5. The third-order valence-corrected chi connectivity index (χ3v) is 4.69. The number of halogens is 4. The molecule has 3 nitrogen and oxygen atoms in total. The van der Waals surface area contributed by atoms with Crippen LogP contribution in [0.4, 0.5) is 13.2 Å². The van der Waals surface area contributed by atoms with E-state index in [9.17, 15) is 13.2 Å². The minimum atomic E-state index is -4.28. The van der Waals surface area contributed by atoms with E-state index in [0.29, 0.717) is 18.9 Å². The van der Waals surface area contributed by atoms with Gasteiger partial charge in [0.05, 0.1) is 5.56 Å². The van der Waals surface area contributed by atoms with Gasteiger partial charge in [-0.2, -0.15) is 24.9 Å². The number of nitrogens with one attached hydrogen (secondary N) is 2. The number of nitrogens with zero attached hydrogens (tertiary/aromatic N) is 1. The second kappa shape index (κ2) is 10.4. The van der Waals surface area contributed by atoms with E-state index >= 15 is 0 Å². The van der Waals surface area contributed by atoms with Gasteiger partial charge in [-0.1, -0.05) is 12.1 Å². The molecule has 0 unspecified atom stereocenters. The lowest BCUT2D eigenvalue weighted by atomic mass is 10.1. The molecule has 24 heavy (non-hydrogen) atoms. The second-order valence-electron chi connectivity index (χ2n) is 5.76. The number of hydrogen-bond acceptors (Lipinski definition) is 2. The molecule has 8 heteroatoms. The first-order valence-electron chi connectivity index (χ1n) is 7.34. The molecule has 0 fully saturated rings. The molecule has 0 saturated heterocycles. The molecule has 1 rings (SSSR count). The van der Waals surface area contributed by atoms with Crippen molar-refractivity contribution in [2.75, 3.05) is 26.4 Å². The first-order valence-corrected chi connectivity index (χ1v) is 8.56. The van der Waals surface area contributed by atoms with Crippen LogP contribution < -0.4 is 10.6 Å². The van der Waals surface area contributed by atoms with Gasteiger partial charge in [-0.3, -0.25) is 4.99 Å². The Hall–Kier alpha value is -0.640. The van der Waals surface area contributed by atoms with Crippen LogP contribution >= 0.6 is 35.7 Å². The van der Waals surface area contributed by atoms with Gasteiger partial charge in [-0.25, -0.2) is 0 Å². The predicted molar refractivity (Wildman–Crippen MR) is 108 cm³/mol. The fourth-order valence-corrected chi connectivity index (χ4v) is 1.99. The molecular weight excluding hydrogens is 450 g/mol. The van der Waals surface area contributed by atoms with Crippen LogP contribution in [0.2, 0.25) is 0 Å². The van der Waals surface area contributed by atoms with Gasteiger partial charge in [0.15, 0.2) is 5.96 Å². The van der Waals surface area contributed by atoms with E-state index in [-0.39, 0.29) is 28.7 Å². The maximum Gasteiger partial charge on any atom is 0.416 e. The SMILES string of the molecule is CN=C(NCCc1ccc(C(F)(F)F)cc1)NCC(C)(C)SC.I. The average molecular weight is 475 g/mol. The molecule has 0 aliphatic carbocycles. The largest absolute Gasteiger partial charge is 0.416 e. The molecule has 0 bridgehead atoms. The van der Waals surface area contributed by atoms with Gasteiger partial charge in [0.1, 0.15) is 0 Å². The molecule has 138 valence electrons. The Morgan fingerprint density at radius 2 is 1.71 bits per heavy atom. The van der Waals surface area contributed by atoms with Gasteiger partial charge in [-0.05, 0) is 44.2 Å². The standard InChI is InChI=1S/C16H24F3N3S.HI/c1-15(2,23-4)11-22-14(20-3)21-10-9-12-5-7-13(8-6-12)16(17,18)19;/h5-8H,9-11H2,1-4H3,(H2,20,21,22);1H. The third-order valence-electron chi connectivity index (χ3n) is 3.45. The molecule has 0 aliphatic rings. The number of benzene rings is 1. The van der Waals surface area contributed by atoms with Crippen molar-refractivity contribution in [3.8, 4) is 0 Å². The third kappa shape index (κ3) is 8.46. The Labute approximate surface area is 163 Å². The minimum Gasteiger partial charge on any atom is -0.356 e. The lowest BCUT2D eigenvalue weighted by Gasteiger charge is -2.23. The van der Waals surface area contributed by atoms with Gasteiger partial charge in [0.25, 0.3) is 0 Å². The average Bonchev–Trinajstić information content (AvgIpc) is 2.50. The number of guanidine groups is 1. The zero-order valence-electron chi connectivity index (χ0n) is 14.3. The van der Waals surface area contributed by atoms with E-state index < -0.39 is 11.7 Å². The summed E-state index contributed by atoms with van der Waals surface area (Å²) < 4.78 is 37.6. The van der Waals surface area contributed by atoms with Crippen LogP contribution in [0.25, 0.3) is 0 Å². The van der Waals surface area contributed by atoms with Crippen LogP contribution in [0, 0.1) is 0 Å². The topological polar surface area (TPSA) is 36.4 Å². The number of rotatable bonds is 6. The quantitative estimate of drug-likeness (QED) is 0.369. The number of aliphatic imine (C=N–C) groups is 1. The molecular formula is C16H25F3IN3S. The van der Waals surface area contributed by atoms with Crippen LogP contribution in [-0.2, 0) is 12.6 Å². The molecule has 2 N–H and O–H groups in total. The van der Waals surface area contributed by atoms with Gasteiger partial charge in [-0.15, -0.1) is 24.0 Å². The van der Waals surface area contributed by atoms with Crippen LogP contribution in [0.3, 0.4) is 0 Å². The zero-order valence-corrected chi connectivity index (χ0v) is 17.5. The van der Waals surface area contributed by atoms with Gasteiger partial charge in [0.2, 0.25) is 0 Å². The van der Waals surface area contributed by atoms with E-state index in [4.69, 9.17) is 0 Å². The predicted octanol–water partition coefficient (Wildman–Crippen LogP) is 4.17. The summed E-state index contributed by atoms with van der Waals surface area (Å²) in [6.07, 6.45) is -1.60. The fourth-order valence-electron chi connectivity index (χ4n) is 1.78. The van der Waals surface area contributed by atoms with Crippen molar-refractivity contribution in [3.05, 3.63) is 35.4 Å². The molecule has 0 heterocycles. The molecule has 0 spiro atoms. The highest BCUT2D eigenvalue weighted by Gasteiger charge is 2.29. The summed E-state index contributed by atoms with van der Waals surface area (Å²) in [5.41, 5.74) is 0.233. The lowest BCUT2D eigenvalue weighted by molar-refractivity contribution is -0.137. The number of hydrogen-bond donors (Lipinski definition) is 2. The van der Waals surface area contributed by atoms with Crippen LogP contribution in [0.15, 0.2) is 29.3 Å². The van der Waals surface area contributed by atoms with Gasteiger partial charge < -0.3 is 10.6 Å². The summed E-state index contributed by atoms with van der Waals surface area (Å²) in [4.78, 5) is 4.14. The van der Waals surface area contributed by atoms with E-state index in [1.165, 1.54) is 12.1 Å². The van der Waals surface area contributed by atoms with Crippen molar-refractivity contribution in [1.29, 1.82) is 0 Å². The summed E-state index contributed by atoms with van der Waals surface area (Å²) >= 11 is 1.77. The fraction of sp³-hybridized carbons (Fsp3) is 0.562. The smallest absolute Gasteiger partial charge is 0.356 e. The minimum absolute atomic E-state index is 0. The monoisotopic (exact) mass is 475 g/mol. The molecule has 0 saturated carbocycles. The number of alkyl halides is 3. The van der Waals surface area contributed by atoms with Crippen molar-refractivity contribution in [3.63, 3.8) is 0 Å². The van der Waals surface area contributed by atoms with E-state index in [2.05, 4.69) is 35.7 Å². The molecule has 0 aliphatic heterocycles. The Morgan fingerprint density at radius 1 is 1.12 bits per heavy atom. The Bertz CT molecular complexity index is 516. The molecule has 0 atom stereocenters. The molecule has 0 amide bonds. The summed E-state index contributed by atoms with van der Waals surface area (Å²) in [6.45, 7) is 5.65. The van der Waals surface area contributed by atoms with E-state index in [1.54, 1.807) is 18.8 Å². The van der Waals surface area contributed by atoms with Crippen molar-refractivity contribution < 1.29 is 13.2 Å². The first kappa shape index (κ1) is 23.4. The summed E-state index contributed by atoms with van der Waals surface area (Å²) in [5.74, 6) is 0.694. The summed E-state index contributed by atoms with van der Waals surface area (Å²) in [5, 5.41) is 6.41. The highest BCUT2D eigenvalue weighted by Crippen LogP contribution is 2.29. The van der Waals surface area contributed by atoms with Crippen LogP contribution in [0.5, 0.6) is 0 Å². The highest BCUT2D eigenvalue weighted by molar-refractivity contribution is 14.0. The van der Waals surface area contributed by atoms with Crippen LogP contribution in [0.1, 0.15) is 25.0 Å². The number of thioether (sulfide) groups is 1. The van der Waals surface area contributed by atoms with Crippen molar-refractivity contribution in [1.82, 2.24) is 10.6 Å². The Morgan fingerprint density at radius 3 is 2.17 bits per heavy atom. The summed E-state index contributed by atoms with van der Waals surface area (Å²) in [7, 11) is 1.69. The lowest BCUT2D eigenvalue weighted by Crippen LogP contribution is -2.43. The van der Waals surface area contributed by atoms with Gasteiger partial charge >= 0.3 is 6.18 Å². The van der Waals surface area contributed by atoms with Crippen molar-refractivity contribution >= 4 is 41.7 Å².